The average Bonchev–Trinajstić information content (AvgIpc) is 2.46. The maximum Gasteiger partial charge on any atom is 0.0702 e. The fourth-order valence-corrected chi connectivity index (χ4v) is 1.98. The molecule has 1 heterocycles. The Bertz CT molecular complexity index is 479. The lowest BCUT2D eigenvalue weighted by Gasteiger charge is -2.14. The molecule has 0 saturated carbocycles. The monoisotopic (exact) mass is 240 g/mol. The molecule has 18 heavy (non-hydrogen) atoms. The standard InChI is InChI=1S/C16H20N2/c1-3-10-17-13(2)14-7-6-8-15(12-14)16-9-4-5-11-18-16/h4-9,11-13,17H,3,10H2,1-2H3. The van der Waals surface area contributed by atoms with Crippen molar-refractivity contribution in [2.45, 2.75) is 26.3 Å². The summed E-state index contributed by atoms with van der Waals surface area (Å²) in [4.78, 5) is 4.39. The Morgan fingerprint density at radius 1 is 1.17 bits per heavy atom. The summed E-state index contributed by atoms with van der Waals surface area (Å²) in [6.45, 7) is 5.44. The molecular weight excluding hydrogens is 220 g/mol. The SMILES string of the molecule is CCCNC(C)c1cccc(-c2ccccn2)c1. The molecule has 0 amide bonds. The lowest BCUT2D eigenvalue weighted by molar-refractivity contribution is 0.571. The minimum absolute atomic E-state index is 0.383. The molecule has 0 saturated heterocycles. The Morgan fingerprint density at radius 3 is 2.78 bits per heavy atom. The van der Waals surface area contributed by atoms with E-state index in [0.29, 0.717) is 6.04 Å². The van der Waals surface area contributed by atoms with Crippen molar-refractivity contribution < 1.29 is 0 Å². The second-order valence-electron chi connectivity index (χ2n) is 4.52. The third kappa shape index (κ3) is 3.17. The molecule has 0 fully saturated rings. The molecule has 1 unspecified atom stereocenters. The zero-order chi connectivity index (χ0) is 12.8. The molecule has 1 N–H and O–H groups in total. The van der Waals surface area contributed by atoms with Crippen LogP contribution in [0.3, 0.4) is 0 Å². The quantitative estimate of drug-likeness (QED) is 0.859. The van der Waals surface area contributed by atoms with Gasteiger partial charge in [0.15, 0.2) is 0 Å². The van der Waals surface area contributed by atoms with Crippen molar-refractivity contribution in [1.29, 1.82) is 0 Å². The van der Waals surface area contributed by atoms with Gasteiger partial charge in [-0.25, -0.2) is 0 Å². The van der Waals surface area contributed by atoms with E-state index < -0.39 is 0 Å². The van der Waals surface area contributed by atoms with Crippen molar-refractivity contribution in [3.8, 4) is 11.3 Å². The topological polar surface area (TPSA) is 24.9 Å². The van der Waals surface area contributed by atoms with Crippen LogP contribution in [-0.4, -0.2) is 11.5 Å². The highest BCUT2D eigenvalue weighted by molar-refractivity contribution is 5.59. The lowest BCUT2D eigenvalue weighted by atomic mass is 10.0. The minimum Gasteiger partial charge on any atom is -0.310 e. The number of aromatic nitrogens is 1. The molecule has 2 aromatic rings. The first kappa shape index (κ1) is 12.8. The van der Waals surface area contributed by atoms with E-state index in [9.17, 15) is 0 Å². The van der Waals surface area contributed by atoms with E-state index in [-0.39, 0.29) is 0 Å². The molecule has 1 atom stereocenters. The molecule has 2 nitrogen and oxygen atoms in total. The fraction of sp³-hybridized carbons (Fsp3) is 0.312. The summed E-state index contributed by atoms with van der Waals surface area (Å²) in [7, 11) is 0. The number of hydrogen-bond acceptors (Lipinski definition) is 2. The van der Waals surface area contributed by atoms with Crippen LogP contribution in [0, 0.1) is 0 Å². The second kappa shape index (κ2) is 6.31. The number of nitrogens with zero attached hydrogens (tertiary/aromatic N) is 1. The molecule has 2 rings (SSSR count). The molecule has 0 radical (unpaired) electrons. The van der Waals surface area contributed by atoms with Crippen molar-refractivity contribution in [3.05, 3.63) is 54.2 Å². The van der Waals surface area contributed by atoms with Gasteiger partial charge >= 0.3 is 0 Å². The van der Waals surface area contributed by atoms with Crippen LogP contribution in [0.4, 0.5) is 0 Å². The number of pyridine rings is 1. The van der Waals surface area contributed by atoms with Crippen LogP contribution >= 0.6 is 0 Å². The Morgan fingerprint density at radius 2 is 2.06 bits per heavy atom. The van der Waals surface area contributed by atoms with Gasteiger partial charge in [-0.3, -0.25) is 4.98 Å². The van der Waals surface area contributed by atoms with Gasteiger partial charge in [0, 0.05) is 17.8 Å². The van der Waals surface area contributed by atoms with Gasteiger partial charge in [-0.2, -0.15) is 0 Å². The van der Waals surface area contributed by atoms with E-state index in [0.717, 1.165) is 18.7 Å². The van der Waals surface area contributed by atoms with Crippen molar-refractivity contribution in [1.82, 2.24) is 10.3 Å². The zero-order valence-electron chi connectivity index (χ0n) is 11.1. The van der Waals surface area contributed by atoms with Crippen LogP contribution in [0.5, 0.6) is 0 Å². The average molecular weight is 240 g/mol. The maximum atomic E-state index is 4.39. The maximum absolute atomic E-state index is 4.39. The van der Waals surface area contributed by atoms with Crippen LogP contribution < -0.4 is 5.32 Å². The minimum atomic E-state index is 0.383. The van der Waals surface area contributed by atoms with Crippen LogP contribution in [-0.2, 0) is 0 Å². The van der Waals surface area contributed by atoms with Gasteiger partial charge in [0.1, 0.15) is 0 Å². The Hall–Kier alpha value is -1.67. The lowest BCUT2D eigenvalue weighted by Crippen LogP contribution is -2.19. The summed E-state index contributed by atoms with van der Waals surface area (Å²) in [5.74, 6) is 0. The largest absolute Gasteiger partial charge is 0.310 e. The van der Waals surface area contributed by atoms with Crippen LogP contribution in [0.15, 0.2) is 48.7 Å². The molecule has 94 valence electrons. The second-order valence-corrected chi connectivity index (χ2v) is 4.52. The number of benzene rings is 1. The van der Waals surface area contributed by atoms with Gasteiger partial charge in [0.25, 0.3) is 0 Å². The highest BCUT2D eigenvalue weighted by atomic mass is 14.9. The van der Waals surface area contributed by atoms with E-state index >= 15 is 0 Å². The van der Waals surface area contributed by atoms with E-state index in [1.165, 1.54) is 11.1 Å². The summed E-state index contributed by atoms with van der Waals surface area (Å²) >= 11 is 0. The van der Waals surface area contributed by atoms with Crippen molar-refractivity contribution in [3.63, 3.8) is 0 Å². The van der Waals surface area contributed by atoms with E-state index in [1.807, 2.05) is 24.4 Å². The van der Waals surface area contributed by atoms with Gasteiger partial charge < -0.3 is 5.32 Å². The first-order valence-electron chi connectivity index (χ1n) is 6.56. The molecular formula is C16H20N2. The third-order valence-corrected chi connectivity index (χ3v) is 3.05. The molecule has 0 bridgehead atoms. The smallest absolute Gasteiger partial charge is 0.0702 e. The number of nitrogens with one attached hydrogen (secondary N) is 1. The van der Waals surface area contributed by atoms with E-state index in [2.05, 4.69) is 48.4 Å². The van der Waals surface area contributed by atoms with Gasteiger partial charge in [-0.05, 0) is 43.7 Å². The first-order chi connectivity index (χ1) is 8.81. The number of hydrogen-bond donors (Lipinski definition) is 1. The summed E-state index contributed by atoms with van der Waals surface area (Å²) in [5, 5.41) is 3.51. The van der Waals surface area contributed by atoms with E-state index in [1.54, 1.807) is 0 Å². The zero-order valence-corrected chi connectivity index (χ0v) is 11.1. The predicted octanol–water partition coefficient (Wildman–Crippen LogP) is 3.81. The van der Waals surface area contributed by atoms with Crippen molar-refractivity contribution in [2.75, 3.05) is 6.54 Å². The normalized spacial score (nSPS) is 12.3. The molecule has 1 aromatic heterocycles. The molecule has 0 aliphatic rings. The van der Waals surface area contributed by atoms with Gasteiger partial charge in [-0.15, -0.1) is 0 Å². The third-order valence-electron chi connectivity index (χ3n) is 3.05. The van der Waals surface area contributed by atoms with Crippen LogP contribution in [0.25, 0.3) is 11.3 Å². The molecule has 1 aromatic carbocycles. The molecule has 0 aliphatic heterocycles. The first-order valence-corrected chi connectivity index (χ1v) is 6.56. The molecule has 2 heteroatoms. The summed E-state index contributed by atoms with van der Waals surface area (Å²) in [6.07, 6.45) is 2.99. The van der Waals surface area contributed by atoms with Crippen molar-refractivity contribution >= 4 is 0 Å². The van der Waals surface area contributed by atoms with E-state index in [4.69, 9.17) is 0 Å². The Kier molecular flexibility index (Phi) is 4.48. The van der Waals surface area contributed by atoms with Gasteiger partial charge in [0.05, 0.1) is 5.69 Å². The highest BCUT2D eigenvalue weighted by Gasteiger charge is 2.05. The van der Waals surface area contributed by atoms with Crippen molar-refractivity contribution in [2.24, 2.45) is 0 Å². The predicted molar refractivity (Wildman–Crippen MR) is 76.4 cm³/mol. The Labute approximate surface area is 109 Å². The van der Waals surface area contributed by atoms with Crippen LogP contribution in [0.1, 0.15) is 31.9 Å². The summed E-state index contributed by atoms with van der Waals surface area (Å²) in [5.41, 5.74) is 3.52. The highest BCUT2D eigenvalue weighted by Crippen LogP contribution is 2.21. The van der Waals surface area contributed by atoms with Gasteiger partial charge in [-0.1, -0.05) is 31.2 Å². The summed E-state index contributed by atoms with van der Waals surface area (Å²) in [6, 6.07) is 15.0. The fourth-order valence-electron chi connectivity index (χ4n) is 1.98. The molecule has 0 aliphatic carbocycles. The summed E-state index contributed by atoms with van der Waals surface area (Å²) < 4.78 is 0. The van der Waals surface area contributed by atoms with Gasteiger partial charge in [0.2, 0.25) is 0 Å². The molecule has 0 spiro atoms. The number of rotatable bonds is 5. The Balaban J connectivity index is 2.20. The van der Waals surface area contributed by atoms with Crippen LogP contribution in [0.2, 0.25) is 0 Å².